The van der Waals surface area contributed by atoms with E-state index in [1.807, 2.05) is 31.1 Å². The number of hydrogen-bond donors (Lipinski definition) is 0. The minimum atomic E-state index is 0.0701. The van der Waals surface area contributed by atoms with Gasteiger partial charge < -0.3 is 9.80 Å². The number of amides is 2. The predicted molar refractivity (Wildman–Crippen MR) is 121 cm³/mol. The maximum absolute atomic E-state index is 13.4. The molecule has 2 fully saturated rings. The molecule has 2 aliphatic rings. The van der Waals surface area contributed by atoms with Crippen molar-refractivity contribution in [1.82, 2.24) is 19.6 Å². The lowest BCUT2D eigenvalue weighted by molar-refractivity contribution is -0.137. The molecule has 0 N–H and O–H groups in total. The summed E-state index contributed by atoms with van der Waals surface area (Å²) in [5.41, 5.74) is 2.76. The Morgan fingerprint density at radius 2 is 1.81 bits per heavy atom. The second-order valence-corrected chi connectivity index (χ2v) is 9.09. The molecule has 2 aliphatic heterocycles. The lowest BCUT2D eigenvalue weighted by atomic mass is 9.81. The zero-order valence-corrected chi connectivity index (χ0v) is 18.8. The van der Waals surface area contributed by atoms with Crippen LogP contribution < -0.4 is 0 Å². The molecule has 2 saturated heterocycles. The average Bonchev–Trinajstić information content (AvgIpc) is 3.02. The molecule has 2 amide bonds. The molecule has 1 unspecified atom stereocenters. The molecular formula is C25H34N4O2. The molecule has 31 heavy (non-hydrogen) atoms. The summed E-state index contributed by atoms with van der Waals surface area (Å²) in [4.78, 5) is 30.3. The van der Waals surface area contributed by atoms with Gasteiger partial charge in [0.05, 0.1) is 11.3 Å². The first-order valence-corrected chi connectivity index (χ1v) is 11.6. The number of aromatic nitrogens is 2. The number of nitrogens with zero attached hydrogens (tertiary/aromatic N) is 4. The van der Waals surface area contributed by atoms with Gasteiger partial charge in [-0.05, 0) is 50.5 Å². The van der Waals surface area contributed by atoms with Gasteiger partial charge in [-0.1, -0.05) is 36.8 Å². The first-order valence-electron chi connectivity index (χ1n) is 11.6. The molecule has 166 valence electrons. The van der Waals surface area contributed by atoms with Gasteiger partial charge in [-0.15, -0.1) is 0 Å². The molecule has 0 bridgehead atoms. The molecule has 4 rings (SSSR count). The van der Waals surface area contributed by atoms with E-state index < -0.39 is 0 Å². The number of rotatable bonds is 5. The molecule has 0 saturated carbocycles. The van der Waals surface area contributed by atoms with Crippen molar-refractivity contribution in [3.8, 4) is 0 Å². The van der Waals surface area contributed by atoms with Gasteiger partial charge in [0, 0.05) is 45.3 Å². The minimum Gasteiger partial charge on any atom is -0.342 e. The maximum atomic E-state index is 13.4. The van der Waals surface area contributed by atoms with Crippen LogP contribution >= 0.6 is 0 Å². The fourth-order valence-electron chi connectivity index (χ4n) is 5.19. The van der Waals surface area contributed by atoms with Crippen molar-refractivity contribution in [2.45, 2.75) is 45.4 Å². The van der Waals surface area contributed by atoms with Crippen LogP contribution in [0.15, 0.2) is 36.5 Å². The summed E-state index contributed by atoms with van der Waals surface area (Å²) in [7, 11) is 1.84. The molecule has 1 aromatic heterocycles. The smallest absolute Gasteiger partial charge is 0.257 e. The predicted octanol–water partition coefficient (Wildman–Crippen LogP) is 3.45. The van der Waals surface area contributed by atoms with E-state index in [-0.39, 0.29) is 11.8 Å². The van der Waals surface area contributed by atoms with Crippen LogP contribution in [-0.2, 0) is 18.3 Å². The number of carbonyl (C=O) groups is 2. The van der Waals surface area contributed by atoms with Crippen molar-refractivity contribution < 1.29 is 9.59 Å². The Morgan fingerprint density at radius 1 is 1.06 bits per heavy atom. The Bertz CT molecular complexity index is 900. The van der Waals surface area contributed by atoms with Crippen molar-refractivity contribution in [3.05, 3.63) is 53.3 Å². The Labute approximate surface area is 185 Å². The van der Waals surface area contributed by atoms with E-state index in [1.54, 1.807) is 4.68 Å². The van der Waals surface area contributed by atoms with Gasteiger partial charge in [-0.25, -0.2) is 0 Å². The molecule has 0 radical (unpaired) electrons. The van der Waals surface area contributed by atoms with Crippen molar-refractivity contribution in [1.29, 1.82) is 0 Å². The highest BCUT2D eigenvalue weighted by atomic mass is 16.2. The largest absolute Gasteiger partial charge is 0.342 e. The summed E-state index contributed by atoms with van der Waals surface area (Å²) in [6.07, 6.45) is 7.74. The monoisotopic (exact) mass is 422 g/mol. The second kappa shape index (κ2) is 9.67. The highest BCUT2D eigenvalue weighted by Crippen LogP contribution is 2.32. The summed E-state index contributed by atoms with van der Waals surface area (Å²) in [5, 5.41) is 4.30. The van der Waals surface area contributed by atoms with Crippen LogP contribution in [-0.4, -0.2) is 57.6 Å². The summed E-state index contributed by atoms with van der Waals surface area (Å²) in [5.74, 6) is 0.890. The van der Waals surface area contributed by atoms with Crippen molar-refractivity contribution in [3.63, 3.8) is 0 Å². The normalized spacial score (nSPS) is 20.7. The number of likely N-dealkylation sites (tertiary alicyclic amines) is 2. The van der Waals surface area contributed by atoms with E-state index in [4.69, 9.17) is 0 Å². The third-order valence-electron chi connectivity index (χ3n) is 6.97. The lowest BCUT2D eigenvalue weighted by Gasteiger charge is -2.36. The zero-order chi connectivity index (χ0) is 21.8. The Morgan fingerprint density at radius 3 is 2.48 bits per heavy atom. The first kappa shape index (κ1) is 21.6. The SMILES string of the molecule is Cc1nn(C)cc1C(=O)N1CCC(C2CCCCN(CCc3ccccc3)C2=O)CC1. The molecule has 6 nitrogen and oxygen atoms in total. The minimum absolute atomic E-state index is 0.0701. The molecule has 3 heterocycles. The van der Waals surface area contributed by atoms with E-state index in [2.05, 4.69) is 34.3 Å². The molecule has 1 aromatic carbocycles. The third kappa shape index (κ3) is 5.00. The standard InChI is InChI=1S/C25H34N4O2/c1-19-23(18-27(2)26-19)25(31)29-16-12-21(13-17-29)22-10-6-7-14-28(24(22)30)15-11-20-8-4-3-5-9-20/h3-5,8-9,18,21-22H,6-7,10-17H2,1-2H3. The third-order valence-corrected chi connectivity index (χ3v) is 6.97. The Balaban J connectivity index is 1.35. The van der Waals surface area contributed by atoms with E-state index in [0.29, 0.717) is 17.4 Å². The summed E-state index contributed by atoms with van der Waals surface area (Å²) < 4.78 is 1.70. The molecular weight excluding hydrogens is 388 g/mol. The van der Waals surface area contributed by atoms with Crippen LogP contribution in [0.5, 0.6) is 0 Å². The molecule has 6 heteroatoms. The van der Waals surface area contributed by atoms with Gasteiger partial charge in [-0.2, -0.15) is 5.10 Å². The molecule has 0 spiro atoms. The quantitative estimate of drug-likeness (QED) is 0.742. The lowest BCUT2D eigenvalue weighted by Crippen LogP contribution is -2.44. The number of benzene rings is 1. The van der Waals surface area contributed by atoms with E-state index >= 15 is 0 Å². The number of piperidine rings is 1. The van der Waals surface area contributed by atoms with Gasteiger partial charge in [0.25, 0.3) is 5.91 Å². The van der Waals surface area contributed by atoms with E-state index in [0.717, 1.165) is 70.4 Å². The average molecular weight is 423 g/mol. The first-order chi connectivity index (χ1) is 15.0. The van der Waals surface area contributed by atoms with Gasteiger partial charge in [-0.3, -0.25) is 14.3 Å². The highest BCUT2D eigenvalue weighted by molar-refractivity contribution is 5.95. The fraction of sp³-hybridized carbons (Fsp3) is 0.560. The zero-order valence-electron chi connectivity index (χ0n) is 18.8. The van der Waals surface area contributed by atoms with Crippen LogP contribution in [0.25, 0.3) is 0 Å². The summed E-state index contributed by atoms with van der Waals surface area (Å²) in [6, 6.07) is 10.4. The molecule has 1 atom stereocenters. The van der Waals surface area contributed by atoms with Crippen LogP contribution in [0.4, 0.5) is 0 Å². The fourth-order valence-corrected chi connectivity index (χ4v) is 5.19. The van der Waals surface area contributed by atoms with E-state index in [9.17, 15) is 9.59 Å². The maximum Gasteiger partial charge on any atom is 0.257 e. The molecule has 2 aromatic rings. The topological polar surface area (TPSA) is 58.4 Å². The number of aryl methyl sites for hydroxylation is 2. The van der Waals surface area contributed by atoms with Gasteiger partial charge in [0.1, 0.15) is 0 Å². The second-order valence-electron chi connectivity index (χ2n) is 9.09. The van der Waals surface area contributed by atoms with E-state index in [1.165, 1.54) is 5.56 Å². The molecule has 0 aliphatic carbocycles. The summed E-state index contributed by atoms with van der Waals surface area (Å²) >= 11 is 0. The van der Waals surface area contributed by atoms with Crippen LogP contribution in [0.1, 0.15) is 53.7 Å². The Hall–Kier alpha value is -2.63. The van der Waals surface area contributed by atoms with Crippen molar-refractivity contribution >= 4 is 11.8 Å². The van der Waals surface area contributed by atoms with Crippen LogP contribution in [0.2, 0.25) is 0 Å². The summed E-state index contributed by atoms with van der Waals surface area (Å²) in [6.45, 7) is 5.02. The van der Waals surface area contributed by atoms with Gasteiger partial charge >= 0.3 is 0 Å². The van der Waals surface area contributed by atoms with Gasteiger partial charge in [0.2, 0.25) is 5.91 Å². The highest BCUT2D eigenvalue weighted by Gasteiger charge is 2.36. The van der Waals surface area contributed by atoms with Crippen molar-refractivity contribution in [2.75, 3.05) is 26.2 Å². The Kier molecular flexibility index (Phi) is 6.73. The van der Waals surface area contributed by atoms with Crippen LogP contribution in [0, 0.1) is 18.8 Å². The van der Waals surface area contributed by atoms with Crippen molar-refractivity contribution in [2.24, 2.45) is 18.9 Å². The van der Waals surface area contributed by atoms with Gasteiger partial charge in [0.15, 0.2) is 0 Å². The van der Waals surface area contributed by atoms with Crippen LogP contribution in [0.3, 0.4) is 0 Å². The number of carbonyl (C=O) groups excluding carboxylic acids is 2. The number of hydrogen-bond acceptors (Lipinski definition) is 3.